The molecule has 0 amide bonds. The molecule has 0 unspecified atom stereocenters. The van der Waals surface area contributed by atoms with E-state index in [1.54, 1.807) is 13.8 Å². The van der Waals surface area contributed by atoms with Crippen molar-refractivity contribution in [1.29, 1.82) is 0 Å². The second-order valence-corrected chi connectivity index (χ2v) is 6.09. The molecule has 0 atom stereocenters. The molecule has 2 aromatic rings. The Labute approximate surface area is 120 Å². The van der Waals surface area contributed by atoms with Gasteiger partial charge in [-0.15, -0.1) is 5.10 Å². The number of aromatic nitrogens is 5. The van der Waals surface area contributed by atoms with Crippen molar-refractivity contribution in [2.24, 2.45) is 0 Å². The highest BCUT2D eigenvalue weighted by atomic mass is 32.2. The highest BCUT2D eigenvalue weighted by Crippen LogP contribution is 2.16. The minimum Gasteiger partial charge on any atom is -0.480 e. The molecule has 11 heteroatoms. The van der Waals surface area contributed by atoms with Crippen molar-refractivity contribution >= 4 is 16.0 Å². The minimum atomic E-state index is -3.73. The number of H-pyrrole nitrogens is 1. The Morgan fingerprint density at radius 3 is 2.76 bits per heavy atom. The average Bonchev–Trinajstić information content (AvgIpc) is 2.94. The number of carbonyl (C=O) groups is 1. The van der Waals surface area contributed by atoms with Crippen LogP contribution in [-0.4, -0.2) is 44.7 Å². The summed E-state index contributed by atoms with van der Waals surface area (Å²) < 4.78 is 27.8. The molecular weight excluding hydrogens is 300 g/mol. The smallest absolute Gasteiger partial charge is 0.325 e. The van der Waals surface area contributed by atoms with Gasteiger partial charge in [-0.2, -0.15) is 5.10 Å². The summed E-state index contributed by atoms with van der Waals surface area (Å²) in [6.45, 7) is 2.77. The first-order valence-corrected chi connectivity index (χ1v) is 7.40. The molecule has 0 saturated heterocycles. The first-order chi connectivity index (χ1) is 9.79. The van der Waals surface area contributed by atoms with E-state index in [0.717, 1.165) is 4.68 Å². The monoisotopic (exact) mass is 314 g/mol. The van der Waals surface area contributed by atoms with Gasteiger partial charge >= 0.3 is 5.97 Å². The predicted molar refractivity (Wildman–Crippen MR) is 69.7 cm³/mol. The molecule has 2 heterocycles. The van der Waals surface area contributed by atoms with E-state index in [4.69, 9.17) is 5.11 Å². The second kappa shape index (κ2) is 5.61. The van der Waals surface area contributed by atoms with Crippen LogP contribution in [0.2, 0.25) is 0 Å². The SMILES string of the molecule is Cc1n[nH]c(C)c1S(=O)(=O)NCc1cn(CC(=O)O)nn1. The minimum absolute atomic E-state index is 0.0913. The number of nitrogens with zero attached hydrogens (tertiary/aromatic N) is 4. The van der Waals surface area contributed by atoms with Crippen LogP contribution in [0.25, 0.3) is 0 Å². The number of aromatic amines is 1. The van der Waals surface area contributed by atoms with E-state index in [1.165, 1.54) is 6.20 Å². The molecule has 114 valence electrons. The molecule has 0 saturated carbocycles. The molecule has 0 aliphatic heterocycles. The molecule has 10 nitrogen and oxygen atoms in total. The third-order valence-electron chi connectivity index (χ3n) is 2.66. The molecule has 0 bridgehead atoms. The summed E-state index contributed by atoms with van der Waals surface area (Å²) in [6, 6.07) is 0. The molecule has 0 radical (unpaired) electrons. The van der Waals surface area contributed by atoms with Gasteiger partial charge in [-0.1, -0.05) is 5.21 Å². The van der Waals surface area contributed by atoms with Gasteiger partial charge in [0, 0.05) is 0 Å². The highest BCUT2D eigenvalue weighted by molar-refractivity contribution is 7.89. The number of carboxylic acids is 1. The van der Waals surface area contributed by atoms with E-state index in [9.17, 15) is 13.2 Å². The maximum absolute atomic E-state index is 12.2. The molecule has 21 heavy (non-hydrogen) atoms. The van der Waals surface area contributed by atoms with Gasteiger partial charge < -0.3 is 5.11 Å². The van der Waals surface area contributed by atoms with Gasteiger partial charge in [-0.05, 0) is 13.8 Å². The fourth-order valence-electron chi connectivity index (χ4n) is 1.81. The molecule has 2 rings (SSSR count). The molecule has 2 aromatic heterocycles. The molecule has 0 fully saturated rings. The lowest BCUT2D eigenvalue weighted by molar-refractivity contribution is -0.137. The summed E-state index contributed by atoms with van der Waals surface area (Å²) in [7, 11) is -3.73. The van der Waals surface area contributed by atoms with Gasteiger partial charge in [0.1, 0.15) is 11.4 Å². The van der Waals surface area contributed by atoms with Crippen LogP contribution in [0.4, 0.5) is 0 Å². The topological polar surface area (TPSA) is 143 Å². The summed E-state index contributed by atoms with van der Waals surface area (Å²) in [6.07, 6.45) is 1.37. The number of hydrogen-bond acceptors (Lipinski definition) is 6. The van der Waals surface area contributed by atoms with Crippen molar-refractivity contribution in [1.82, 2.24) is 29.9 Å². The largest absolute Gasteiger partial charge is 0.480 e. The van der Waals surface area contributed by atoms with Crippen LogP contribution in [0, 0.1) is 13.8 Å². The van der Waals surface area contributed by atoms with Crippen LogP contribution in [0.5, 0.6) is 0 Å². The van der Waals surface area contributed by atoms with Gasteiger partial charge in [-0.25, -0.2) is 17.8 Å². The van der Waals surface area contributed by atoms with E-state index in [0.29, 0.717) is 17.1 Å². The third-order valence-corrected chi connectivity index (χ3v) is 4.32. The van der Waals surface area contributed by atoms with E-state index in [2.05, 4.69) is 25.2 Å². The lowest BCUT2D eigenvalue weighted by Gasteiger charge is -2.04. The van der Waals surface area contributed by atoms with Crippen LogP contribution < -0.4 is 4.72 Å². The Kier molecular flexibility index (Phi) is 4.04. The quantitative estimate of drug-likeness (QED) is 0.632. The van der Waals surface area contributed by atoms with Gasteiger partial charge in [-0.3, -0.25) is 9.89 Å². The van der Waals surface area contributed by atoms with Crippen molar-refractivity contribution in [2.45, 2.75) is 31.8 Å². The number of nitrogens with one attached hydrogen (secondary N) is 2. The van der Waals surface area contributed by atoms with E-state index < -0.39 is 16.0 Å². The Hall–Kier alpha value is -2.27. The van der Waals surface area contributed by atoms with Crippen LogP contribution in [-0.2, 0) is 27.9 Å². The Morgan fingerprint density at radius 1 is 1.48 bits per heavy atom. The normalized spacial score (nSPS) is 11.7. The zero-order valence-electron chi connectivity index (χ0n) is 11.4. The number of hydrogen-bond donors (Lipinski definition) is 3. The van der Waals surface area contributed by atoms with Crippen molar-refractivity contribution in [2.75, 3.05) is 0 Å². The van der Waals surface area contributed by atoms with Crippen molar-refractivity contribution < 1.29 is 18.3 Å². The highest BCUT2D eigenvalue weighted by Gasteiger charge is 2.22. The van der Waals surface area contributed by atoms with Gasteiger partial charge in [0.15, 0.2) is 0 Å². The average molecular weight is 314 g/mol. The Morgan fingerprint density at radius 2 is 2.19 bits per heavy atom. The Balaban J connectivity index is 2.09. The predicted octanol–water partition coefficient (Wildman–Crippen LogP) is -0.819. The molecule has 0 spiro atoms. The molecular formula is C10H14N6O4S. The summed E-state index contributed by atoms with van der Waals surface area (Å²) in [5, 5.41) is 22.3. The van der Waals surface area contributed by atoms with Gasteiger partial charge in [0.05, 0.1) is 29.8 Å². The van der Waals surface area contributed by atoms with E-state index >= 15 is 0 Å². The molecule has 0 aliphatic carbocycles. The number of aliphatic carboxylic acids is 1. The van der Waals surface area contributed by atoms with Gasteiger partial charge in [0.25, 0.3) is 0 Å². The van der Waals surface area contributed by atoms with Crippen LogP contribution in [0.15, 0.2) is 11.1 Å². The summed E-state index contributed by atoms with van der Waals surface area (Å²) >= 11 is 0. The standard InChI is InChI=1S/C10H14N6O4S/c1-6-10(7(2)13-12-6)21(19,20)11-3-8-4-16(15-14-8)5-9(17)18/h4,11H,3,5H2,1-2H3,(H,12,13)(H,17,18). The molecule has 3 N–H and O–H groups in total. The lowest BCUT2D eigenvalue weighted by Crippen LogP contribution is -2.24. The Bertz CT molecular complexity index is 743. The zero-order chi connectivity index (χ0) is 15.6. The summed E-state index contributed by atoms with van der Waals surface area (Å²) in [5.74, 6) is -1.06. The number of rotatable bonds is 6. The number of carboxylic acid groups (broad SMARTS) is 1. The maximum Gasteiger partial charge on any atom is 0.325 e. The second-order valence-electron chi connectivity index (χ2n) is 4.39. The first kappa shape index (κ1) is 15.1. The van der Waals surface area contributed by atoms with Crippen LogP contribution in [0.1, 0.15) is 17.1 Å². The molecule has 0 aromatic carbocycles. The fraction of sp³-hybridized carbons (Fsp3) is 0.400. The van der Waals surface area contributed by atoms with Crippen molar-refractivity contribution in [3.63, 3.8) is 0 Å². The number of aryl methyl sites for hydroxylation is 2. The van der Waals surface area contributed by atoms with E-state index in [1.807, 2.05) is 0 Å². The van der Waals surface area contributed by atoms with Crippen LogP contribution >= 0.6 is 0 Å². The molecule has 0 aliphatic rings. The van der Waals surface area contributed by atoms with Crippen LogP contribution in [0.3, 0.4) is 0 Å². The lowest BCUT2D eigenvalue weighted by atomic mass is 10.4. The zero-order valence-corrected chi connectivity index (χ0v) is 12.2. The number of sulfonamides is 1. The van der Waals surface area contributed by atoms with Crippen molar-refractivity contribution in [3.8, 4) is 0 Å². The first-order valence-electron chi connectivity index (χ1n) is 5.91. The summed E-state index contributed by atoms with van der Waals surface area (Å²) in [5.41, 5.74) is 1.13. The third kappa shape index (κ3) is 3.44. The van der Waals surface area contributed by atoms with Crippen molar-refractivity contribution in [3.05, 3.63) is 23.3 Å². The summed E-state index contributed by atoms with van der Waals surface area (Å²) in [4.78, 5) is 10.6. The fourth-order valence-corrected chi connectivity index (χ4v) is 3.18. The maximum atomic E-state index is 12.2. The van der Waals surface area contributed by atoms with Gasteiger partial charge in [0.2, 0.25) is 10.0 Å². The van der Waals surface area contributed by atoms with E-state index in [-0.39, 0.29) is 18.0 Å².